The number of anilines is 1. The molecule has 0 heterocycles. The zero-order chi connectivity index (χ0) is 13.5. The van der Waals surface area contributed by atoms with Crippen LogP contribution in [0, 0.1) is 17.0 Å². The summed E-state index contributed by atoms with van der Waals surface area (Å²) in [6.07, 6.45) is 0. The number of hydrogen-bond donors (Lipinski definition) is 2. The molecule has 0 saturated heterocycles. The number of hydrogen-bond acceptors (Lipinski definition) is 4. The highest BCUT2D eigenvalue weighted by Gasteiger charge is 2.11. The Morgan fingerprint density at radius 2 is 2.28 bits per heavy atom. The van der Waals surface area contributed by atoms with Crippen LogP contribution in [0.2, 0.25) is 0 Å². The molecular formula is C11H15N3O3S. The third-order valence-electron chi connectivity index (χ3n) is 2.26. The maximum atomic E-state index is 10.8. The SMILES string of the molecule is COCCNC(=S)Nc1ccc(C)c([N+](=O)[O-])c1. The van der Waals surface area contributed by atoms with Crippen LogP contribution in [0.5, 0.6) is 0 Å². The van der Waals surface area contributed by atoms with Crippen molar-refractivity contribution in [3.63, 3.8) is 0 Å². The van der Waals surface area contributed by atoms with Gasteiger partial charge in [-0.25, -0.2) is 0 Å². The highest BCUT2D eigenvalue weighted by Crippen LogP contribution is 2.22. The molecule has 6 nitrogen and oxygen atoms in total. The van der Waals surface area contributed by atoms with E-state index in [1.807, 2.05) is 0 Å². The van der Waals surface area contributed by atoms with E-state index in [0.717, 1.165) is 0 Å². The lowest BCUT2D eigenvalue weighted by molar-refractivity contribution is -0.385. The molecule has 1 rings (SSSR count). The first kappa shape index (κ1) is 14.3. The molecule has 0 aliphatic rings. The van der Waals surface area contributed by atoms with E-state index in [0.29, 0.717) is 29.5 Å². The highest BCUT2D eigenvalue weighted by atomic mass is 32.1. The Morgan fingerprint density at radius 1 is 1.56 bits per heavy atom. The summed E-state index contributed by atoms with van der Waals surface area (Å²) in [5.41, 5.74) is 1.27. The van der Waals surface area contributed by atoms with Crippen LogP contribution in [0.4, 0.5) is 11.4 Å². The van der Waals surface area contributed by atoms with Crippen molar-refractivity contribution < 1.29 is 9.66 Å². The van der Waals surface area contributed by atoms with Crippen molar-refractivity contribution in [2.45, 2.75) is 6.92 Å². The Morgan fingerprint density at radius 3 is 2.89 bits per heavy atom. The standard InChI is InChI=1S/C11H15N3O3S/c1-8-3-4-9(7-10(8)14(15)16)13-11(18)12-5-6-17-2/h3-4,7H,5-6H2,1-2H3,(H2,12,13,18). The first-order valence-electron chi connectivity index (χ1n) is 5.33. The van der Waals surface area contributed by atoms with Crippen LogP contribution in [0.15, 0.2) is 18.2 Å². The minimum absolute atomic E-state index is 0.0692. The Labute approximate surface area is 110 Å². The fourth-order valence-corrected chi connectivity index (χ4v) is 1.55. The average molecular weight is 269 g/mol. The normalized spacial score (nSPS) is 9.89. The van der Waals surface area contributed by atoms with Gasteiger partial charge in [0.2, 0.25) is 0 Å². The monoisotopic (exact) mass is 269 g/mol. The van der Waals surface area contributed by atoms with Gasteiger partial charge in [0, 0.05) is 31.0 Å². The number of thiocarbonyl (C=S) groups is 1. The van der Waals surface area contributed by atoms with E-state index in [2.05, 4.69) is 10.6 Å². The number of benzene rings is 1. The van der Waals surface area contributed by atoms with E-state index in [1.165, 1.54) is 6.07 Å². The number of methoxy groups -OCH3 is 1. The average Bonchev–Trinajstić information content (AvgIpc) is 2.31. The van der Waals surface area contributed by atoms with Crippen molar-refractivity contribution in [3.8, 4) is 0 Å². The van der Waals surface area contributed by atoms with E-state index in [4.69, 9.17) is 17.0 Å². The zero-order valence-electron chi connectivity index (χ0n) is 10.2. The number of nitro groups is 1. The second-order valence-electron chi connectivity index (χ2n) is 3.63. The van der Waals surface area contributed by atoms with Crippen molar-refractivity contribution in [2.75, 3.05) is 25.6 Å². The molecule has 0 radical (unpaired) electrons. The van der Waals surface area contributed by atoms with E-state index >= 15 is 0 Å². The summed E-state index contributed by atoms with van der Waals surface area (Å²) < 4.78 is 4.87. The number of aryl methyl sites for hydroxylation is 1. The lowest BCUT2D eigenvalue weighted by Gasteiger charge is -2.10. The minimum Gasteiger partial charge on any atom is -0.383 e. The lowest BCUT2D eigenvalue weighted by Crippen LogP contribution is -2.31. The van der Waals surface area contributed by atoms with Gasteiger partial charge in [-0.3, -0.25) is 10.1 Å². The molecule has 0 fully saturated rings. The zero-order valence-corrected chi connectivity index (χ0v) is 11.0. The van der Waals surface area contributed by atoms with Crippen molar-refractivity contribution in [2.24, 2.45) is 0 Å². The molecule has 0 bridgehead atoms. The van der Waals surface area contributed by atoms with E-state index in [1.54, 1.807) is 26.2 Å². The van der Waals surface area contributed by atoms with Gasteiger partial charge < -0.3 is 15.4 Å². The Bertz CT molecular complexity index is 451. The van der Waals surface area contributed by atoms with Gasteiger partial charge >= 0.3 is 0 Å². The summed E-state index contributed by atoms with van der Waals surface area (Å²) >= 11 is 5.04. The third kappa shape index (κ3) is 4.27. The van der Waals surface area contributed by atoms with Gasteiger partial charge in [0.15, 0.2) is 5.11 Å². The molecule has 0 unspecified atom stereocenters. The van der Waals surface area contributed by atoms with Crippen LogP contribution in [-0.2, 0) is 4.74 Å². The number of ether oxygens (including phenoxy) is 1. The summed E-state index contributed by atoms with van der Waals surface area (Å²) in [6, 6.07) is 4.88. The molecule has 0 saturated carbocycles. The van der Waals surface area contributed by atoms with E-state index < -0.39 is 4.92 Å². The quantitative estimate of drug-likeness (QED) is 0.367. The molecule has 7 heteroatoms. The first-order chi connectivity index (χ1) is 8.54. The molecule has 0 amide bonds. The maximum absolute atomic E-state index is 10.8. The third-order valence-corrected chi connectivity index (χ3v) is 2.50. The number of nitro benzene ring substituents is 1. The molecule has 0 atom stereocenters. The van der Waals surface area contributed by atoms with Crippen LogP contribution in [0.3, 0.4) is 0 Å². The van der Waals surface area contributed by atoms with Gasteiger partial charge in [-0.05, 0) is 25.2 Å². The molecule has 1 aromatic carbocycles. The smallest absolute Gasteiger partial charge is 0.274 e. The van der Waals surface area contributed by atoms with Crippen LogP contribution in [-0.4, -0.2) is 30.3 Å². The Hall–Kier alpha value is -1.73. The van der Waals surface area contributed by atoms with Crippen LogP contribution >= 0.6 is 12.2 Å². The van der Waals surface area contributed by atoms with E-state index in [9.17, 15) is 10.1 Å². The summed E-state index contributed by atoms with van der Waals surface area (Å²) in [4.78, 5) is 10.4. The van der Waals surface area contributed by atoms with Gasteiger partial charge in [0.05, 0.1) is 11.5 Å². The molecule has 0 aliphatic heterocycles. The van der Waals surface area contributed by atoms with Crippen LogP contribution in [0.25, 0.3) is 0 Å². The summed E-state index contributed by atoms with van der Waals surface area (Å²) in [5.74, 6) is 0. The Balaban J connectivity index is 2.65. The van der Waals surface area contributed by atoms with Crippen molar-refractivity contribution in [1.82, 2.24) is 5.32 Å². The Kier molecular flexibility index (Phi) is 5.47. The summed E-state index contributed by atoms with van der Waals surface area (Å²) in [5, 5.41) is 17.0. The molecule has 0 spiro atoms. The molecular weight excluding hydrogens is 254 g/mol. The predicted octanol–water partition coefficient (Wildman–Crippen LogP) is 1.84. The predicted molar refractivity (Wildman–Crippen MR) is 73.9 cm³/mol. The fourth-order valence-electron chi connectivity index (χ4n) is 1.33. The summed E-state index contributed by atoms with van der Waals surface area (Å²) in [6.45, 7) is 2.81. The second kappa shape index (κ2) is 6.87. The molecule has 2 N–H and O–H groups in total. The van der Waals surface area contributed by atoms with Crippen LogP contribution < -0.4 is 10.6 Å². The van der Waals surface area contributed by atoms with Gasteiger partial charge in [-0.1, -0.05) is 6.07 Å². The molecule has 0 aliphatic carbocycles. The highest BCUT2D eigenvalue weighted by molar-refractivity contribution is 7.80. The first-order valence-corrected chi connectivity index (χ1v) is 5.74. The number of nitrogens with one attached hydrogen (secondary N) is 2. The minimum atomic E-state index is -0.415. The van der Waals surface area contributed by atoms with Crippen LogP contribution in [0.1, 0.15) is 5.56 Å². The molecule has 1 aromatic rings. The van der Waals surface area contributed by atoms with Gasteiger partial charge in [0.1, 0.15) is 0 Å². The molecule has 18 heavy (non-hydrogen) atoms. The van der Waals surface area contributed by atoms with Crippen molar-refractivity contribution in [3.05, 3.63) is 33.9 Å². The molecule has 98 valence electrons. The van der Waals surface area contributed by atoms with Crippen molar-refractivity contribution >= 4 is 28.7 Å². The maximum Gasteiger partial charge on any atom is 0.274 e. The van der Waals surface area contributed by atoms with Gasteiger partial charge in [-0.2, -0.15) is 0 Å². The summed E-state index contributed by atoms with van der Waals surface area (Å²) in [7, 11) is 1.60. The van der Waals surface area contributed by atoms with Gasteiger partial charge in [0.25, 0.3) is 5.69 Å². The second-order valence-corrected chi connectivity index (χ2v) is 4.04. The fraction of sp³-hybridized carbons (Fsp3) is 0.364. The van der Waals surface area contributed by atoms with E-state index in [-0.39, 0.29) is 5.69 Å². The molecule has 0 aromatic heterocycles. The topological polar surface area (TPSA) is 76.4 Å². The van der Waals surface area contributed by atoms with Crippen molar-refractivity contribution in [1.29, 1.82) is 0 Å². The number of nitrogens with zero attached hydrogens (tertiary/aromatic N) is 1. The van der Waals surface area contributed by atoms with Gasteiger partial charge in [-0.15, -0.1) is 0 Å². The number of rotatable bonds is 5. The largest absolute Gasteiger partial charge is 0.383 e. The lowest BCUT2D eigenvalue weighted by atomic mass is 10.2.